The lowest BCUT2D eigenvalue weighted by Gasteiger charge is -2.13. The summed E-state index contributed by atoms with van der Waals surface area (Å²) < 4.78 is 0.800. The maximum absolute atomic E-state index is 11.8. The molecular weight excluding hydrogens is 302 g/mol. The summed E-state index contributed by atoms with van der Waals surface area (Å²) >= 11 is 8.64. The molecule has 4 nitrogen and oxygen atoms in total. The molecule has 100 valence electrons. The third-order valence-corrected chi connectivity index (χ3v) is 4.53. The standard InChI is InChI=1S/C12H12ClN3OS2/c1-8(9-2-4-10(13)5-3-9)15-11(17)6-18-12-16-14-7-19-12/h2-5,7-8H,6H2,1H3,(H,15,17)/t8-/m0/s1. The Morgan fingerprint density at radius 1 is 1.47 bits per heavy atom. The molecule has 0 radical (unpaired) electrons. The lowest BCUT2D eigenvalue weighted by molar-refractivity contribution is -0.119. The van der Waals surface area contributed by atoms with Crippen LogP contribution in [0.15, 0.2) is 34.1 Å². The number of hydrogen-bond donors (Lipinski definition) is 1. The molecule has 0 aliphatic rings. The van der Waals surface area contributed by atoms with Crippen molar-refractivity contribution < 1.29 is 4.79 Å². The molecular formula is C12H12ClN3OS2. The second-order valence-corrected chi connectivity index (χ2v) is 6.33. The van der Waals surface area contributed by atoms with Crippen molar-refractivity contribution in [2.24, 2.45) is 0 Å². The minimum atomic E-state index is -0.0419. The molecule has 0 aliphatic heterocycles. The van der Waals surface area contributed by atoms with Crippen LogP contribution < -0.4 is 5.32 Å². The van der Waals surface area contributed by atoms with E-state index in [1.54, 1.807) is 5.51 Å². The molecule has 0 spiro atoms. The maximum atomic E-state index is 11.8. The van der Waals surface area contributed by atoms with Gasteiger partial charge in [0.15, 0.2) is 4.34 Å². The molecule has 2 aromatic rings. The number of amides is 1. The summed E-state index contributed by atoms with van der Waals surface area (Å²) in [5.41, 5.74) is 2.68. The van der Waals surface area contributed by atoms with E-state index in [1.807, 2.05) is 31.2 Å². The number of carbonyl (C=O) groups excluding carboxylic acids is 1. The predicted octanol–water partition coefficient (Wildman–Crippen LogP) is 3.16. The van der Waals surface area contributed by atoms with Gasteiger partial charge in [0.1, 0.15) is 5.51 Å². The number of thioether (sulfide) groups is 1. The van der Waals surface area contributed by atoms with Crippen LogP contribution in [0, 0.1) is 0 Å². The summed E-state index contributed by atoms with van der Waals surface area (Å²) in [5.74, 6) is 0.315. The zero-order valence-corrected chi connectivity index (χ0v) is 12.6. The molecule has 1 atom stereocenters. The van der Waals surface area contributed by atoms with Gasteiger partial charge >= 0.3 is 0 Å². The summed E-state index contributed by atoms with van der Waals surface area (Å²) in [7, 11) is 0. The van der Waals surface area contributed by atoms with Crippen LogP contribution >= 0.6 is 34.7 Å². The molecule has 0 saturated carbocycles. The Morgan fingerprint density at radius 2 is 2.21 bits per heavy atom. The molecule has 1 aromatic carbocycles. The first-order valence-corrected chi connectivity index (χ1v) is 7.83. The van der Waals surface area contributed by atoms with E-state index in [2.05, 4.69) is 15.5 Å². The number of halogens is 1. The molecule has 1 N–H and O–H groups in total. The minimum Gasteiger partial charge on any atom is -0.349 e. The van der Waals surface area contributed by atoms with E-state index < -0.39 is 0 Å². The molecule has 0 fully saturated rings. The van der Waals surface area contributed by atoms with Gasteiger partial charge in [-0.1, -0.05) is 46.8 Å². The Labute approximate surface area is 124 Å². The average molecular weight is 314 g/mol. The second-order valence-electron chi connectivity index (χ2n) is 3.83. The fraction of sp³-hybridized carbons (Fsp3) is 0.250. The van der Waals surface area contributed by atoms with Crippen LogP contribution in [-0.2, 0) is 4.79 Å². The number of aromatic nitrogens is 2. The Hall–Kier alpha value is -1.11. The SMILES string of the molecule is C[C@H](NC(=O)CSc1nncs1)c1ccc(Cl)cc1. The number of rotatable bonds is 5. The van der Waals surface area contributed by atoms with Crippen LogP contribution in [0.3, 0.4) is 0 Å². The van der Waals surface area contributed by atoms with Crippen molar-refractivity contribution in [3.63, 3.8) is 0 Å². The monoisotopic (exact) mass is 313 g/mol. The van der Waals surface area contributed by atoms with Crippen LogP contribution in [0.2, 0.25) is 5.02 Å². The molecule has 0 unspecified atom stereocenters. The third kappa shape index (κ3) is 4.49. The van der Waals surface area contributed by atoms with E-state index >= 15 is 0 Å². The number of carbonyl (C=O) groups is 1. The van der Waals surface area contributed by atoms with Gasteiger partial charge in [0.25, 0.3) is 0 Å². The van der Waals surface area contributed by atoms with Crippen molar-refractivity contribution in [1.29, 1.82) is 0 Å². The molecule has 1 amide bonds. The molecule has 7 heteroatoms. The first-order valence-electron chi connectivity index (χ1n) is 5.59. The molecule has 1 heterocycles. The maximum Gasteiger partial charge on any atom is 0.230 e. The topological polar surface area (TPSA) is 54.9 Å². The van der Waals surface area contributed by atoms with Gasteiger partial charge in [0.05, 0.1) is 11.8 Å². The largest absolute Gasteiger partial charge is 0.349 e. The van der Waals surface area contributed by atoms with E-state index in [9.17, 15) is 4.79 Å². The third-order valence-electron chi connectivity index (χ3n) is 2.41. The van der Waals surface area contributed by atoms with E-state index in [-0.39, 0.29) is 11.9 Å². The van der Waals surface area contributed by atoms with Crippen molar-refractivity contribution in [1.82, 2.24) is 15.5 Å². The van der Waals surface area contributed by atoms with Crippen LogP contribution in [0.25, 0.3) is 0 Å². The Balaban J connectivity index is 1.83. The summed E-state index contributed by atoms with van der Waals surface area (Å²) in [5, 5.41) is 11.2. The molecule has 1 aromatic heterocycles. The van der Waals surface area contributed by atoms with Gasteiger partial charge in [-0.2, -0.15) is 0 Å². The van der Waals surface area contributed by atoms with Gasteiger partial charge in [0, 0.05) is 5.02 Å². The first kappa shape index (κ1) is 14.3. The van der Waals surface area contributed by atoms with Gasteiger partial charge in [-0.3, -0.25) is 4.79 Å². The summed E-state index contributed by atoms with van der Waals surface area (Å²) in [6.07, 6.45) is 0. The zero-order chi connectivity index (χ0) is 13.7. The van der Waals surface area contributed by atoms with Crippen molar-refractivity contribution >= 4 is 40.6 Å². The first-order chi connectivity index (χ1) is 9.15. The highest BCUT2D eigenvalue weighted by Gasteiger charge is 2.10. The van der Waals surface area contributed by atoms with E-state index in [0.717, 1.165) is 9.90 Å². The lowest BCUT2D eigenvalue weighted by Crippen LogP contribution is -2.28. The van der Waals surface area contributed by atoms with Crippen LogP contribution in [0.5, 0.6) is 0 Å². The Kier molecular flexibility index (Phi) is 5.18. The lowest BCUT2D eigenvalue weighted by atomic mass is 10.1. The van der Waals surface area contributed by atoms with Crippen molar-refractivity contribution in [2.75, 3.05) is 5.75 Å². The van der Waals surface area contributed by atoms with Crippen molar-refractivity contribution in [2.45, 2.75) is 17.3 Å². The normalized spacial score (nSPS) is 12.1. The van der Waals surface area contributed by atoms with Gasteiger partial charge in [-0.15, -0.1) is 10.2 Å². The van der Waals surface area contributed by atoms with Crippen LogP contribution in [-0.4, -0.2) is 21.9 Å². The van der Waals surface area contributed by atoms with E-state index in [0.29, 0.717) is 10.8 Å². The Bertz CT molecular complexity index is 530. The van der Waals surface area contributed by atoms with Gasteiger partial charge < -0.3 is 5.32 Å². The molecule has 2 rings (SSSR count). The highest BCUT2D eigenvalue weighted by atomic mass is 35.5. The number of nitrogens with zero attached hydrogens (tertiary/aromatic N) is 2. The number of benzene rings is 1. The summed E-state index contributed by atoms with van der Waals surface area (Å²) in [4.78, 5) is 11.8. The van der Waals surface area contributed by atoms with Gasteiger partial charge in [-0.05, 0) is 24.6 Å². The van der Waals surface area contributed by atoms with E-state index in [4.69, 9.17) is 11.6 Å². The van der Waals surface area contributed by atoms with Crippen LogP contribution in [0.1, 0.15) is 18.5 Å². The Morgan fingerprint density at radius 3 is 2.84 bits per heavy atom. The quantitative estimate of drug-likeness (QED) is 0.862. The summed E-state index contributed by atoms with van der Waals surface area (Å²) in [6, 6.07) is 7.40. The van der Waals surface area contributed by atoms with E-state index in [1.165, 1.54) is 23.1 Å². The van der Waals surface area contributed by atoms with Crippen LogP contribution in [0.4, 0.5) is 0 Å². The zero-order valence-electron chi connectivity index (χ0n) is 10.2. The highest BCUT2D eigenvalue weighted by molar-refractivity contribution is 8.01. The average Bonchev–Trinajstić information content (AvgIpc) is 2.90. The summed E-state index contributed by atoms with van der Waals surface area (Å²) in [6.45, 7) is 1.94. The highest BCUT2D eigenvalue weighted by Crippen LogP contribution is 2.19. The van der Waals surface area contributed by atoms with Crippen molar-refractivity contribution in [3.8, 4) is 0 Å². The van der Waals surface area contributed by atoms with Gasteiger partial charge in [-0.25, -0.2) is 0 Å². The molecule has 0 saturated heterocycles. The number of hydrogen-bond acceptors (Lipinski definition) is 5. The van der Waals surface area contributed by atoms with Gasteiger partial charge in [0.2, 0.25) is 5.91 Å². The fourth-order valence-electron chi connectivity index (χ4n) is 1.47. The van der Waals surface area contributed by atoms with Crippen molar-refractivity contribution in [3.05, 3.63) is 40.4 Å². The smallest absolute Gasteiger partial charge is 0.230 e. The second kappa shape index (κ2) is 6.88. The number of nitrogens with one attached hydrogen (secondary N) is 1. The molecule has 0 aliphatic carbocycles. The minimum absolute atomic E-state index is 0.0253. The fourth-order valence-corrected chi connectivity index (χ4v) is 2.90. The predicted molar refractivity (Wildman–Crippen MR) is 78.6 cm³/mol. The molecule has 0 bridgehead atoms. The molecule has 19 heavy (non-hydrogen) atoms.